The second-order valence-corrected chi connectivity index (χ2v) is 6.67. The molecular formula is C22H18N6O6. The number of nitrogens with zero attached hydrogens (tertiary/aromatic N) is 3. The van der Waals surface area contributed by atoms with E-state index in [0.29, 0.717) is 11.1 Å². The molecule has 0 aliphatic carbocycles. The van der Waals surface area contributed by atoms with Crippen molar-refractivity contribution in [3.8, 4) is 22.9 Å². The van der Waals surface area contributed by atoms with Crippen molar-refractivity contribution in [2.75, 3.05) is 17.7 Å². The number of anilines is 2. The fourth-order valence-corrected chi connectivity index (χ4v) is 2.95. The van der Waals surface area contributed by atoms with Crippen LogP contribution in [-0.4, -0.2) is 51.2 Å². The van der Waals surface area contributed by atoms with E-state index in [1.807, 2.05) is 0 Å². The summed E-state index contributed by atoms with van der Waals surface area (Å²) in [6.07, 6.45) is 1.95. The number of phenols is 1. The molecule has 1 heterocycles. The van der Waals surface area contributed by atoms with E-state index >= 15 is 0 Å². The summed E-state index contributed by atoms with van der Waals surface area (Å²) in [4.78, 5) is 36.0. The first-order valence-electron chi connectivity index (χ1n) is 9.42. The fraction of sp³-hybridized carbons (Fsp3) is 0.0455. The maximum absolute atomic E-state index is 12.7. The molecule has 2 aromatic carbocycles. The molecular weight excluding hydrogens is 444 g/mol. The molecule has 0 aliphatic heterocycles. The largest absolute Gasteiger partial charge is 0.507 e. The number of aromatic hydroxyl groups is 1. The zero-order chi connectivity index (χ0) is 24.8. The highest BCUT2D eigenvalue weighted by atomic mass is 16.5. The topological polar surface area (TPSA) is 198 Å². The van der Waals surface area contributed by atoms with E-state index in [-0.39, 0.29) is 29.5 Å². The van der Waals surface area contributed by atoms with Crippen LogP contribution in [0.1, 0.15) is 22.9 Å². The lowest BCUT2D eigenvalue weighted by Crippen LogP contribution is -2.24. The molecule has 12 heteroatoms. The second kappa shape index (κ2) is 9.88. The first kappa shape index (κ1) is 23.4. The van der Waals surface area contributed by atoms with E-state index < -0.39 is 29.4 Å². The number of carbonyl (C=O) groups is 3. The number of nitrogens with one attached hydrogen (secondary N) is 3. The number of hydrogen-bond acceptors (Lipinski definition) is 9. The number of carbonyl (C=O) groups excluding carboxylic acids is 2. The van der Waals surface area contributed by atoms with Crippen molar-refractivity contribution in [2.24, 2.45) is 0 Å². The van der Waals surface area contributed by atoms with Gasteiger partial charge in [0.1, 0.15) is 11.5 Å². The molecule has 34 heavy (non-hydrogen) atoms. The van der Waals surface area contributed by atoms with Crippen molar-refractivity contribution in [1.82, 2.24) is 10.2 Å². The van der Waals surface area contributed by atoms with Crippen molar-refractivity contribution < 1.29 is 30.8 Å². The average Bonchev–Trinajstić information content (AvgIpc) is 2.84. The summed E-state index contributed by atoms with van der Waals surface area (Å²) in [6, 6.07) is 9.41. The molecule has 0 aliphatic rings. The van der Waals surface area contributed by atoms with Gasteiger partial charge in [0.25, 0.3) is 5.91 Å². The molecule has 2 amide bonds. The molecule has 3 aromatic rings. The highest BCUT2D eigenvalue weighted by Crippen LogP contribution is 2.34. The SMILES string of the molecule is COC(=O)Nc1cc(O)c(C(=N)C(=O)Nc2ccc(C#N)cc2C(=O)O)cc1-c1ccnnc1.[HH]. The van der Waals surface area contributed by atoms with Gasteiger partial charge in [-0.1, -0.05) is 0 Å². The number of hydrogen-bond donors (Lipinski definition) is 5. The number of carboxylic acids is 1. The minimum absolute atomic E-state index is 0. The Morgan fingerprint density at radius 1 is 1.09 bits per heavy atom. The van der Waals surface area contributed by atoms with Crippen LogP contribution in [0, 0.1) is 16.7 Å². The zero-order valence-corrected chi connectivity index (χ0v) is 17.5. The van der Waals surface area contributed by atoms with E-state index in [1.54, 1.807) is 12.1 Å². The number of benzene rings is 2. The summed E-state index contributed by atoms with van der Waals surface area (Å²) in [5, 5.41) is 49.3. The van der Waals surface area contributed by atoms with E-state index in [0.717, 1.165) is 19.2 Å². The van der Waals surface area contributed by atoms with Crippen LogP contribution in [0.3, 0.4) is 0 Å². The van der Waals surface area contributed by atoms with Gasteiger partial charge in [-0.05, 0) is 30.3 Å². The molecule has 0 radical (unpaired) electrons. The predicted octanol–water partition coefficient (Wildman–Crippen LogP) is 2.85. The number of amides is 2. The van der Waals surface area contributed by atoms with Gasteiger partial charge in [-0.2, -0.15) is 15.5 Å². The highest BCUT2D eigenvalue weighted by Gasteiger charge is 2.22. The second-order valence-electron chi connectivity index (χ2n) is 6.67. The molecule has 172 valence electrons. The predicted molar refractivity (Wildman–Crippen MR) is 121 cm³/mol. The van der Waals surface area contributed by atoms with Crippen LogP contribution in [0.15, 0.2) is 48.8 Å². The van der Waals surface area contributed by atoms with Crippen LogP contribution in [-0.2, 0) is 9.53 Å². The summed E-state index contributed by atoms with van der Waals surface area (Å²) < 4.78 is 4.58. The van der Waals surface area contributed by atoms with E-state index in [2.05, 4.69) is 25.6 Å². The lowest BCUT2D eigenvalue weighted by atomic mass is 9.98. The van der Waals surface area contributed by atoms with Gasteiger partial charge < -0.3 is 20.3 Å². The number of nitriles is 1. The Morgan fingerprint density at radius 3 is 2.47 bits per heavy atom. The molecule has 1 aromatic heterocycles. The van der Waals surface area contributed by atoms with Crippen molar-refractivity contribution in [1.29, 1.82) is 10.7 Å². The first-order chi connectivity index (χ1) is 16.2. The highest BCUT2D eigenvalue weighted by molar-refractivity contribution is 6.48. The first-order valence-corrected chi connectivity index (χ1v) is 9.42. The van der Waals surface area contributed by atoms with Crippen molar-refractivity contribution in [2.45, 2.75) is 0 Å². The van der Waals surface area contributed by atoms with Crippen LogP contribution >= 0.6 is 0 Å². The van der Waals surface area contributed by atoms with Crippen LogP contribution in [0.4, 0.5) is 16.2 Å². The summed E-state index contributed by atoms with van der Waals surface area (Å²) in [5.74, 6) is -2.90. The molecule has 12 nitrogen and oxygen atoms in total. The number of rotatable bonds is 6. The van der Waals surface area contributed by atoms with Gasteiger partial charge in [-0.15, -0.1) is 0 Å². The third-order valence-electron chi connectivity index (χ3n) is 4.58. The Morgan fingerprint density at radius 2 is 1.85 bits per heavy atom. The Bertz CT molecular complexity index is 1360. The molecule has 0 atom stereocenters. The summed E-state index contributed by atoms with van der Waals surface area (Å²) in [6.45, 7) is 0. The standard InChI is InChI=1S/C22H16N6O6.H2/c1-34-22(33)28-17-8-18(29)15(7-13(17)12-4-5-25-26-10-12)19(24)20(30)27-16-3-2-11(9-23)6-14(16)21(31)32;/h2-8,10,24,29H,1H3,(H,27,30)(H,28,33)(H,31,32);1H. The van der Waals surface area contributed by atoms with Crippen molar-refractivity contribution in [3.63, 3.8) is 0 Å². The third-order valence-corrected chi connectivity index (χ3v) is 4.58. The minimum atomic E-state index is -1.38. The van der Waals surface area contributed by atoms with Gasteiger partial charge in [-0.25, -0.2) is 9.59 Å². The molecule has 0 saturated carbocycles. The lowest BCUT2D eigenvalue weighted by molar-refractivity contribution is -0.110. The maximum Gasteiger partial charge on any atom is 0.411 e. The minimum Gasteiger partial charge on any atom is -0.507 e. The molecule has 0 fully saturated rings. The number of phenolic OH excluding ortho intramolecular Hbond substituents is 1. The monoisotopic (exact) mass is 462 g/mol. The zero-order valence-electron chi connectivity index (χ0n) is 17.5. The van der Waals surface area contributed by atoms with Gasteiger partial charge in [0.05, 0.1) is 48.1 Å². The number of carboxylic acid groups (broad SMARTS) is 1. The maximum atomic E-state index is 12.7. The van der Waals surface area contributed by atoms with Crippen LogP contribution in [0.5, 0.6) is 5.75 Å². The molecule has 0 saturated heterocycles. The Hall–Kier alpha value is -5.31. The quantitative estimate of drug-likeness (QED) is 0.342. The van der Waals surface area contributed by atoms with Crippen LogP contribution < -0.4 is 10.6 Å². The van der Waals surface area contributed by atoms with Crippen molar-refractivity contribution >= 4 is 35.1 Å². The van der Waals surface area contributed by atoms with Gasteiger partial charge in [0, 0.05) is 24.2 Å². The molecule has 0 unspecified atom stereocenters. The van der Waals surface area contributed by atoms with Crippen LogP contribution in [0.2, 0.25) is 0 Å². The van der Waals surface area contributed by atoms with Crippen molar-refractivity contribution in [3.05, 3.63) is 65.5 Å². The van der Waals surface area contributed by atoms with Gasteiger partial charge in [0.15, 0.2) is 0 Å². The molecule has 3 rings (SSSR count). The Balaban J connectivity index is 0.00000432. The summed E-state index contributed by atoms with van der Waals surface area (Å²) >= 11 is 0. The van der Waals surface area contributed by atoms with E-state index in [1.165, 1.54) is 30.6 Å². The number of ether oxygens (including phenoxy) is 1. The molecule has 0 spiro atoms. The number of aromatic carboxylic acids is 1. The van der Waals surface area contributed by atoms with Gasteiger partial charge in [-0.3, -0.25) is 15.5 Å². The molecule has 0 bridgehead atoms. The average molecular weight is 462 g/mol. The third kappa shape index (κ3) is 4.94. The summed E-state index contributed by atoms with van der Waals surface area (Å²) in [7, 11) is 1.16. The Kier molecular flexibility index (Phi) is 6.78. The number of aromatic nitrogens is 2. The van der Waals surface area contributed by atoms with E-state index in [4.69, 9.17) is 10.7 Å². The fourth-order valence-electron chi connectivity index (χ4n) is 2.95. The number of methoxy groups -OCH3 is 1. The molecule has 5 N–H and O–H groups in total. The van der Waals surface area contributed by atoms with Gasteiger partial charge >= 0.3 is 12.1 Å². The Labute approximate surface area is 193 Å². The smallest absolute Gasteiger partial charge is 0.411 e. The van der Waals surface area contributed by atoms with E-state index in [9.17, 15) is 24.6 Å². The van der Waals surface area contributed by atoms with Gasteiger partial charge in [0.2, 0.25) is 0 Å². The lowest BCUT2D eigenvalue weighted by Gasteiger charge is -2.15. The summed E-state index contributed by atoms with van der Waals surface area (Å²) in [5.41, 5.74) is -0.418. The normalized spacial score (nSPS) is 10.0. The van der Waals surface area contributed by atoms with Crippen LogP contribution in [0.25, 0.3) is 11.1 Å².